The molecule has 0 N–H and O–H groups in total. The number of rotatable bonds is 19. The monoisotopic (exact) mass is 442 g/mol. The summed E-state index contributed by atoms with van der Waals surface area (Å²) < 4.78 is 18.2. The Labute approximate surface area is 176 Å². The standard InChI is InChI=1S/C21H48ClO3PSi/c1-7-13-17-26(22,18-14-8-2,19-15-9-3)20-16-21-27(23-10-4,24-11-5)25-12-6/h7-21H2,1-6H3. The van der Waals surface area contributed by atoms with Gasteiger partial charge < -0.3 is 0 Å². The molecule has 0 aromatic carbocycles. The van der Waals surface area contributed by atoms with Gasteiger partial charge in [0.05, 0.1) is 0 Å². The molecule has 166 valence electrons. The van der Waals surface area contributed by atoms with E-state index in [0.717, 1.165) is 18.6 Å². The van der Waals surface area contributed by atoms with E-state index in [-0.39, 0.29) is 0 Å². The van der Waals surface area contributed by atoms with Gasteiger partial charge in [-0.15, -0.1) is 0 Å². The van der Waals surface area contributed by atoms with Crippen LogP contribution >= 0.6 is 17.2 Å². The summed E-state index contributed by atoms with van der Waals surface area (Å²) in [5.74, 6) is -2.19. The molecule has 0 radical (unpaired) electrons. The van der Waals surface area contributed by atoms with E-state index in [1.54, 1.807) is 0 Å². The van der Waals surface area contributed by atoms with Crippen LogP contribution in [0.25, 0.3) is 0 Å². The van der Waals surface area contributed by atoms with Crippen molar-refractivity contribution in [3.8, 4) is 0 Å². The van der Waals surface area contributed by atoms with Crippen molar-refractivity contribution >= 4 is 26.0 Å². The minimum absolute atomic E-state index is 0.651. The Balaban J connectivity index is 5.31. The molecule has 0 atom stereocenters. The van der Waals surface area contributed by atoms with E-state index in [1.165, 1.54) is 57.0 Å². The van der Waals surface area contributed by atoms with Crippen LogP contribution in [0.2, 0.25) is 6.04 Å². The molecule has 0 saturated carbocycles. The van der Waals surface area contributed by atoms with Crippen LogP contribution in [0.1, 0.15) is 86.5 Å². The van der Waals surface area contributed by atoms with E-state index >= 15 is 0 Å². The van der Waals surface area contributed by atoms with Crippen molar-refractivity contribution in [3.63, 3.8) is 0 Å². The van der Waals surface area contributed by atoms with Gasteiger partial charge in [0.15, 0.2) is 0 Å². The molecule has 0 rings (SSSR count). The van der Waals surface area contributed by atoms with Crippen molar-refractivity contribution in [2.45, 2.75) is 92.5 Å². The molecular formula is C21H48ClO3PSi. The quantitative estimate of drug-likeness (QED) is 0.153. The summed E-state index contributed by atoms with van der Waals surface area (Å²) in [5.41, 5.74) is 0. The van der Waals surface area contributed by atoms with Crippen LogP contribution in [0.5, 0.6) is 0 Å². The van der Waals surface area contributed by atoms with Gasteiger partial charge in [-0.3, -0.25) is 0 Å². The number of hydrogen-bond donors (Lipinski definition) is 0. The molecule has 0 bridgehead atoms. The Bertz CT molecular complexity index is 330. The molecule has 0 aliphatic heterocycles. The summed E-state index contributed by atoms with van der Waals surface area (Å²) in [7, 11) is -2.56. The number of unbranched alkanes of at least 4 members (excludes halogenated alkanes) is 3. The van der Waals surface area contributed by atoms with Gasteiger partial charge in [0, 0.05) is 0 Å². The Morgan fingerprint density at radius 2 is 0.926 bits per heavy atom. The van der Waals surface area contributed by atoms with E-state index < -0.39 is 14.8 Å². The fourth-order valence-corrected chi connectivity index (χ4v) is 14.0. The van der Waals surface area contributed by atoms with Crippen molar-refractivity contribution in [2.24, 2.45) is 0 Å². The first-order valence-electron chi connectivity index (χ1n) is 11.5. The molecule has 0 aromatic rings. The van der Waals surface area contributed by atoms with Crippen LogP contribution in [0.3, 0.4) is 0 Å². The molecule has 0 saturated heterocycles. The fourth-order valence-electron chi connectivity index (χ4n) is 4.02. The third-order valence-electron chi connectivity index (χ3n) is 5.50. The Kier molecular flexibility index (Phi) is 15.2. The van der Waals surface area contributed by atoms with Crippen molar-refractivity contribution in [2.75, 3.05) is 44.5 Å². The first kappa shape index (κ1) is 27.8. The second-order valence-electron chi connectivity index (χ2n) is 7.86. The molecule has 0 unspecified atom stereocenters. The zero-order chi connectivity index (χ0) is 20.7. The molecule has 0 amide bonds. The maximum absolute atomic E-state index is 7.72. The van der Waals surface area contributed by atoms with Crippen LogP contribution in [-0.2, 0) is 13.3 Å². The predicted octanol–water partition coefficient (Wildman–Crippen LogP) is 7.53. The zero-order valence-corrected chi connectivity index (χ0v) is 21.8. The van der Waals surface area contributed by atoms with Gasteiger partial charge in [-0.2, -0.15) is 0 Å². The molecule has 0 aliphatic carbocycles. The third-order valence-corrected chi connectivity index (χ3v) is 16.4. The van der Waals surface area contributed by atoms with Crippen LogP contribution < -0.4 is 0 Å². The second-order valence-corrected chi connectivity index (χ2v) is 18.9. The topological polar surface area (TPSA) is 27.7 Å². The van der Waals surface area contributed by atoms with Crippen molar-refractivity contribution in [1.29, 1.82) is 0 Å². The van der Waals surface area contributed by atoms with Crippen molar-refractivity contribution in [3.05, 3.63) is 0 Å². The minimum atomic E-state index is -2.56. The summed E-state index contributed by atoms with van der Waals surface area (Å²) in [5, 5.41) is 0. The maximum atomic E-state index is 7.72. The molecule has 3 nitrogen and oxygen atoms in total. The van der Waals surface area contributed by atoms with Gasteiger partial charge in [0.1, 0.15) is 0 Å². The van der Waals surface area contributed by atoms with Crippen molar-refractivity contribution < 1.29 is 13.3 Å². The average Bonchev–Trinajstić information content (AvgIpc) is 2.64. The summed E-state index contributed by atoms with van der Waals surface area (Å²) in [6, 6.07) is 0.900. The van der Waals surface area contributed by atoms with Gasteiger partial charge in [-0.05, 0) is 0 Å². The average molecular weight is 443 g/mol. The van der Waals surface area contributed by atoms with Crippen LogP contribution in [0.4, 0.5) is 0 Å². The molecular weight excluding hydrogens is 395 g/mol. The second kappa shape index (κ2) is 14.7. The number of halogens is 1. The first-order valence-corrected chi connectivity index (χ1v) is 17.3. The Hall–Kier alpha value is 0.817. The molecule has 6 heteroatoms. The van der Waals surface area contributed by atoms with E-state index in [4.69, 9.17) is 24.5 Å². The van der Waals surface area contributed by atoms with Gasteiger partial charge >= 0.3 is 176 Å². The fraction of sp³-hybridized carbons (Fsp3) is 1.00. The van der Waals surface area contributed by atoms with E-state index in [2.05, 4.69) is 20.8 Å². The van der Waals surface area contributed by atoms with Crippen LogP contribution in [0.15, 0.2) is 0 Å². The van der Waals surface area contributed by atoms with E-state index in [1.807, 2.05) is 20.8 Å². The Morgan fingerprint density at radius 1 is 0.593 bits per heavy atom. The molecule has 0 fully saturated rings. The van der Waals surface area contributed by atoms with E-state index in [9.17, 15) is 0 Å². The van der Waals surface area contributed by atoms with Gasteiger partial charge in [0.25, 0.3) is 0 Å². The van der Waals surface area contributed by atoms with Gasteiger partial charge in [0.2, 0.25) is 0 Å². The molecule has 0 spiro atoms. The summed E-state index contributed by atoms with van der Waals surface area (Å²) in [6.45, 7) is 14.9. The third kappa shape index (κ3) is 10.4. The van der Waals surface area contributed by atoms with Crippen LogP contribution in [-0.4, -0.2) is 53.3 Å². The van der Waals surface area contributed by atoms with Crippen molar-refractivity contribution in [1.82, 2.24) is 0 Å². The summed E-state index contributed by atoms with van der Waals surface area (Å²) in [6.07, 6.45) is 13.5. The van der Waals surface area contributed by atoms with Crippen LogP contribution in [0, 0.1) is 0 Å². The molecule has 0 aromatic heterocycles. The Morgan fingerprint density at radius 3 is 1.22 bits per heavy atom. The SMILES string of the molecule is CCCCP(Cl)(CCCC)(CCCC)CCC[Si](OCC)(OCC)OCC. The predicted molar refractivity (Wildman–Crippen MR) is 127 cm³/mol. The molecule has 27 heavy (non-hydrogen) atoms. The van der Waals surface area contributed by atoms with Gasteiger partial charge in [-0.25, -0.2) is 0 Å². The summed E-state index contributed by atoms with van der Waals surface area (Å²) >= 11 is 7.72. The normalized spacial score (nSPS) is 14.3. The van der Waals surface area contributed by atoms with E-state index in [0.29, 0.717) is 19.8 Å². The van der Waals surface area contributed by atoms with Gasteiger partial charge in [-0.1, -0.05) is 0 Å². The zero-order valence-electron chi connectivity index (χ0n) is 19.2. The molecule has 0 heterocycles. The first-order chi connectivity index (χ1) is 12.9. The number of hydrogen-bond acceptors (Lipinski definition) is 3. The summed E-state index contributed by atoms with van der Waals surface area (Å²) in [4.78, 5) is 0. The molecule has 0 aliphatic rings.